The van der Waals surface area contributed by atoms with Gasteiger partial charge in [-0.15, -0.1) is 24.8 Å². The summed E-state index contributed by atoms with van der Waals surface area (Å²) >= 11 is 0. The molecule has 122 valence electrons. The summed E-state index contributed by atoms with van der Waals surface area (Å²) in [6.07, 6.45) is 1.90. The molecular weight excluding hydrogens is 309 g/mol. The smallest absolute Gasteiger partial charge is 0.251 e. The second kappa shape index (κ2) is 11.7. The van der Waals surface area contributed by atoms with Gasteiger partial charge >= 0.3 is 0 Å². The van der Waals surface area contributed by atoms with Crippen molar-refractivity contribution in [3.63, 3.8) is 0 Å². The molecule has 0 aromatic heterocycles. The van der Waals surface area contributed by atoms with E-state index in [4.69, 9.17) is 5.73 Å². The summed E-state index contributed by atoms with van der Waals surface area (Å²) in [6, 6.07) is 7.81. The summed E-state index contributed by atoms with van der Waals surface area (Å²) in [5.74, 6) is -0.0367. The number of hydrogen-bond donors (Lipinski definition) is 2. The van der Waals surface area contributed by atoms with Crippen LogP contribution in [0.5, 0.6) is 0 Å². The van der Waals surface area contributed by atoms with Crippen molar-refractivity contribution in [2.75, 3.05) is 25.0 Å². The monoisotopic (exact) mass is 335 g/mol. The quantitative estimate of drug-likeness (QED) is 0.805. The van der Waals surface area contributed by atoms with Crippen LogP contribution in [0.4, 0.5) is 5.69 Å². The summed E-state index contributed by atoms with van der Waals surface area (Å²) in [5, 5.41) is 2.87. The largest absolute Gasteiger partial charge is 0.375 e. The van der Waals surface area contributed by atoms with Crippen molar-refractivity contribution >= 4 is 36.4 Å². The lowest BCUT2D eigenvalue weighted by Gasteiger charge is -2.18. The topological polar surface area (TPSA) is 58.4 Å². The van der Waals surface area contributed by atoms with Gasteiger partial charge in [-0.1, -0.05) is 6.92 Å². The van der Waals surface area contributed by atoms with Gasteiger partial charge < -0.3 is 16.0 Å². The van der Waals surface area contributed by atoms with Crippen LogP contribution in [-0.2, 0) is 0 Å². The van der Waals surface area contributed by atoms with Crippen LogP contribution in [0.15, 0.2) is 24.3 Å². The Bertz CT molecular complexity index is 396. The van der Waals surface area contributed by atoms with Gasteiger partial charge in [0.25, 0.3) is 5.91 Å². The van der Waals surface area contributed by atoms with Crippen LogP contribution < -0.4 is 16.0 Å². The number of halogens is 2. The Balaban J connectivity index is 0. The summed E-state index contributed by atoms with van der Waals surface area (Å²) in [6.45, 7) is 5.72. The number of nitrogens with zero attached hydrogens (tertiary/aromatic N) is 1. The normalized spacial score (nSPS) is 10.9. The minimum atomic E-state index is -0.0367. The van der Waals surface area contributed by atoms with Gasteiger partial charge in [-0.05, 0) is 44.0 Å². The second-order valence-electron chi connectivity index (χ2n) is 4.99. The van der Waals surface area contributed by atoms with Crippen LogP contribution in [0.25, 0.3) is 0 Å². The van der Waals surface area contributed by atoms with Crippen molar-refractivity contribution < 1.29 is 4.79 Å². The van der Waals surface area contributed by atoms with Crippen LogP contribution in [0, 0.1) is 0 Å². The third-order valence-corrected chi connectivity index (χ3v) is 3.01. The number of nitrogens with two attached hydrogens (primary N) is 1. The summed E-state index contributed by atoms with van der Waals surface area (Å²) in [7, 11) is 2.06. The number of hydrogen-bond acceptors (Lipinski definition) is 3. The van der Waals surface area contributed by atoms with E-state index >= 15 is 0 Å². The molecule has 21 heavy (non-hydrogen) atoms. The molecule has 0 fully saturated rings. The molecule has 1 aromatic rings. The first-order valence-electron chi connectivity index (χ1n) is 6.89. The molecule has 0 bridgehead atoms. The van der Waals surface area contributed by atoms with Gasteiger partial charge in [0, 0.05) is 37.4 Å². The average molecular weight is 336 g/mol. The minimum absolute atomic E-state index is 0. The highest BCUT2D eigenvalue weighted by atomic mass is 35.5. The molecule has 6 heteroatoms. The van der Waals surface area contributed by atoms with Crippen LogP contribution >= 0.6 is 24.8 Å². The zero-order valence-electron chi connectivity index (χ0n) is 13.0. The Kier molecular flexibility index (Phi) is 12.4. The number of nitrogens with one attached hydrogen (secondary N) is 1. The molecule has 3 N–H and O–H groups in total. The molecule has 0 saturated carbocycles. The van der Waals surface area contributed by atoms with Gasteiger partial charge in [-0.25, -0.2) is 0 Å². The van der Waals surface area contributed by atoms with Crippen LogP contribution in [0.1, 0.15) is 37.0 Å². The third-order valence-electron chi connectivity index (χ3n) is 3.01. The lowest BCUT2D eigenvalue weighted by Crippen LogP contribution is -2.29. The van der Waals surface area contributed by atoms with Crippen molar-refractivity contribution in [1.82, 2.24) is 5.32 Å². The van der Waals surface area contributed by atoms with Crippen LogP contribution in [0.3, 0.4) is 0 Å². The lowest BCUT2D eigenvalue weighted by molar-refractivity contribution is 0.0953. The Morgan fingerprint density at radius 1 is 1.29 bits per heavy atom. The molecule has 1 aromatic carbocycles. The molecule has 1 rings (SSSR count). The molecule has 1 amide bonds. The van der Waals surface area contributed by atoms with Gasteiger partial charge in [0.05, 0.1) is 0 Å². The van der Waals surface area contributed by atoms with Crippen LogP contribution in [0.2, 0.25) is 0 Å². The number of carbonyl (C=O) groups excluding carboxylic acids is 1. The Morgan fingerprint density at radius 2 is 1.86 bits per heavy atom. The van der Waals surface area contributed by atoms with Crippen LogP contribution in [-0.4, -0.2) is 32.1 Å². The van der Waals surface area contributed by atoms with Gasteiger partial charge in [0.15, 0.2) is 0 Å². The van der Waals surface area contributed by atoms with E-state index in [1.165, 1.54) is 0 Å². The maximum atomic E-state index is 11.9. The third kappa shape index (κ3) is 8.15. The molecular formula is C15H27Cl2N3O. The second-order valence-corrected chi connectivity index (χ2v) is 4.99. The maximum Gasteiger partial charge on any atom is 0.251 e. The number of anilines is 1. The molecule has 0 aliphatic carbocycles. The molecule has 0 radical (unpaired) electrons. The molecule has 1 unspecified atom stereocenters. The van der Waals surface area contributed by atoms with Crippen molar-refractivity contribution in [3.05, 3.63) is 29.8 Å². The van der Waals surface area contributed by atoms with E-state index in [9.17, 15) is 4.79 Å². The average Bonchev–Trinajstić information content (AvgIpc) is 2.38. The Morgan fingerprint density at radius 3 is 2.33 bits per heavy atom. The molecule has 1 atom stereocenters. The SMILES string of the molecule is CCCN(C)c1ccc(C(=O)NCCC(C)N)cc1.Cl.Cl. The predicted molar refractivity (Wildman–Crippen MR) is 95.1 cm³/mol. The number of rotatable bonds is 7. The summed E-state index contributed by atoms with van der Waals surface area (Å²) in [4.78, 5) is 14.0. The van der Waals surface area contributed by atoms with Gasteiger partial charge in [0.1, 0.15) is 0 Å². The fraction of sp³-hybridized carbons (Fsp3) is 0.533. The number of carbonyl (C=O) groups is 1. The van der Waals surface area contributed by atoms with Crippen molar-refractivity contribution in [2.45, 2.75) is 32.7 Å². The van der Waals surface area contributed by atoms with Gasteiger partial charge in [-0.2, -0.15) is 0 Å². The molecule has 4 nitrogen and oxygen atoms in total. The molecule has 0 heterocycles. The molecule has 0 aliphatic heterocycles. The zero-order valence-corrected chi connectivity index (χ0v) is 14.6. The van der Waals surface area contributed by atoms with Gasteiger partial charge in [0.2, 0.25) is 0 Å². The van der Waals surface area contributed by atoms with E-state index in [1.54, 1.807) is 0 Å². The fourth-order valence-electron chi connectivity index (χ4n) is 1.85. The van der Waals surface area contributed by atoms with E-state index in [0.29, 0.717) is 12.1 Å². The fourth-order valence-corrected chi connectivity index (χ4v) is 1.85. The Hall–Kier alpha value is -0.970. The first-order chi connectivity index (χ1) is 9.04. The molecule has 0 spiro atoms. The minimum Gasteiger partial charge on any atom is -0.375 e. The summed E-state index contributed by atoms with van der Waals surface area (Å²) in [5.41, 5.74) is 7.47. The predicted octanol–water partition coefficient (Wildman–Crippen LogP) is 2.84. The van der Waals surface area contributed by atoms with E-state index in [0.717, 1.165) is 25.1 Å². The van der Waals surface area contributed by atoms with E-state index in [-0.39, 0.29) is 36.8 Å². The number of benzene rings is 1. The van der Waals surface area contributed by atoms with Gasteiger partial charge in [-0.3, -0.25) is 4.79 Å². The van der Waals surface area contributed by atoms with E-state index in [2.05, 4.69) is 24.2 Å². The first kappa shape index (κ1) is 22.3. The van der Waals surface area contributed by atoms with Crippen molar-refractivity contribution in [1.29, 1.82) is 0 Å². The number of amides is 1. The van der Waals surface area contributed by atoms with E-state index in [1.807, 2.05) is 31.2 Å². The molecule has 0 aliphatic rings. The zero-order chi connectivity index (χ0) is 14.3. The summed E-state index contributed by atoms with van der Waals surface area (Å²) < 4.78 is 0. The molecule has 0 saturated heterocycles. The van der Waals surface area contributed by atoms with E-state index < -0.39 is 0 Å². The van der Waals surface area contributed by atoms with Crippen molar-refractivity contribution in [3.8, 4) is 0 Å². The van der Waals surface area contributed by atoms with Crippen molar-refractivity contribution in [2.24, 2.45) is 5.73 Å². The highest BCUT2D eigenvalue weighted by Crippen LogP contribution is 2.14. The Labute approximate surface area is 140 Å². The highest BCUT2D eigenvalue weighted by molar-refractivity contribution is 5.94. The maximum absolute atomic E-state index is 11.9. The highest BCUT2D eigenvalue weighted by Gasteiger charge is 2.06. The standard InChI is InChI=1S/C15H25N3O.2ClH/c1-4-11-18(3)14-7-5-13(6-8-14)15(19)17-10-9-12(2)16;;/h5-8,12H,4,9-11,16H2,1-3H3,(H,17,19);2*1H. The lowest BCUT2D eigenvalue weighted by atomic mass is 10.1. The first-order valence-corrected chi connectivity index (χ1v) is 6.89.